The molecule has 0 amide bonds. The number of rotatable bonds is 5. The van der Waals surface area contributed by atoms with E-state index in [-0.39, 0.29) is 0 Å². The Hall–Kier alpha value is -0.980. The van der Waals surface area contributed by atoms with Gasteiger partial charge in [0.25, 0.3) is 0 Å². The van der Waals surface area contributed by atoms with Crippen molar-refractivity contribution >= 4 is 0 Å². The van der Waals surface area contributed by atoms with Crippen LogP contribution in [0.25, 0.3) is 0 Å². The van der Waals surface area contributed by atoms with E-state index >= 15 is 0 Å². The van der Waals surface area contributed by atoms with Crippen LogP contribution in [-0.4, -0.2) is 0 Å². The summed E-state index contributed by atoms with van der Waals surface area (Å²) in [4.78, 5) is 0. The first-order chi connectivity index (χ1) is 5.63. The normalized spacial score (nSPS) is 12.2. The maximum atomic E-state index is 5.65. The standard InChI is InChI=1S/C11H19N/c1-5-7-8-11(10(4)12)9(3)6-2/h6H,2,4-5,7-8,12H2,1,3H3/b11-9-. The highest BCUT2D eigenvalue weighted by Gasteiger charge is 2.00. The quantitative estimate of drug-likeness (QED) is 0.622. The molecular formula is C11H19N. The van der Waals surface area contributed by atoms with Gasteiger partial charge in [0.1, 0.15) is 0 Å². The second kappa shape index (κ2) is 5.64. The number of unbranched alkanes of at least 4 members (excludes halogenated alkanes) is 1. The zero-order valence-electron chi connectivity index (χ0n) is 8.19. The van der Waals surface area contributed by atoms with Gasteiger partial charge in [-0.15, -0.1) is 0 Å². The Labute approximate surface area is 75.7 Å². The fourth-order valence-corrected chi connectivity index (χ4v) is 1.09. The molecule has 68 valence electrons. The van der Waals surface area contributed by atoms with E-state index in [1.807, 2.05) is 13.0 Å². The van der Waals surface area contributed by atoms with Crippen LogP contribution < -0.4 is 5.73 Å². The number of nitrogens with two attached hydrogens (primary N) is 1. The molecule has 12 heavy (non-hydrogen) atoms. The van der Waals surface area contributed by atoms with Crippen molar-refractivity contribution in [3.63, 3.8) is 0 Å². The van der Waals surface area contributed by atoms with Crippen LogP contribution in [0.2, 0.25) is 0 Å². The molecule has 0 radical (unpaired) electrons. The Kier molecular flexibility index (Phi) is 5.18. The summed E-state index contributed by atoms with van der Waals surface area (Å²) in [6.07, 6.45) is 5.20. The molecule has 0 aromatic carbocycles. The third-order valence-electron chi connectivity index (χ3n) is 1.95. The highest BCUT2D eigenvalue weighted by molar-refractivity contribution is 5.34. The van der Waals surface area contributed by atoms with Crippen LogP contribution in [0.1, 0.15) is 33.1 Å². The Balaban J connectivity index is 4.43. The largest absolute Gasteiger partial charge is 0.399 e. The summed E-state index contributed by atoms with van der Waals surface area (Å²) in [5, 5.41) is 0. The van der Waals surface area contributed by atoms with Gasteiger partial charge < -0.3 is 5.73 Å². The van der Waals surface area contributed by atoms with E-state index in [1.54, 1.807) is 0 Å². The summed E-state index contributed by atoms with van der Waals surface area (Å²) in [7, 11) is 0. The summed E-state index contributed by atoms with van der Waals surface area (Å²) in [5.74, 6) is 0. The molecule has 0 fully saturated rings. The highest BCUT2D eigenvalue weighted by atomic mass is 14.6. The minimum Gasteiger partial charge on any atom is -0.399 e. The highest BCUT2D eigenvalue weighted by Crippen LogP contribution is 2.17. The van der Waals surface area contributed by atoms with Crippen LogP contribution in [0.4, 0.5) is 0 Å². The third kappa shape index (κ3) is 3.42. The van der Waals surface area contributed by atoms with Gasteiger partial charge >= 0.3 is 0 Å². The first-order valence-corrected chi connectivity index (χ1v) is 4.40. The lowest BCUT2D eigenvalue weighted by atomic mass is 10.0. The molecule has 0 aliphatic rings. The van der Waals surface area contributed by atoms with Crippen molar-refractivity contribution in [3.8, 4) is 0 Å². The van der Waals surface area contributed by atoms with E-state index < -0.39 is 0 Å². The van der Waals surface area contributed by atoms with Crippen molar-refractivity contribution in [2.45, 2.75) is 33.1 Å². The predicted octanol–water partition coefficient (Wildman–Crippen LogP) is 3.15. The molecule has 0 heterocycles. The SMILES string of the molecule is C=C/C(C)=C(/CCCC)C(=C)N. The third-order valence-corrected chi connectivity index (χ3v) is 1.95. The molecule has 0 rings (SSSR count). The molecule has 0 aromatic rings. The lowest BCUT2D eigenvalue weighted by Crippen LogP contribution is -2.01. The monoisotopic (exact) mass is 165 g/mol. The molecule has 0 saturated heterocycles. The number of allylic oxidation sites excluding steroid dienone is 3. The van der Waals surface area contributed by atoms with Gasteiger partial charge in [-0.3, -0.25) is 0 Å². The number of hydrogen-bond donors (Lipinski definition) is 1. The molecule has 0 atom stereocenters. The Morgan fingerprint density at radius 3 is 2.42 bits per heavy atom. The van der Waals surface area contributed by atoms with Gasteiger partial charge in [-0.1, -0.05) is 32.6 Å². The maximum absolute atomic E-state index is 5.65. The molecule has 2 N–H and O–H groups in total. The molecule has 1 heteroatoms. The molecule has 1 nitrogen and oxygen atoms in total. The topological polar surface area (TPSA) is 26.0 Å². The van der Waals surface area contributed by atoms with Gasteiger partial charge in [0.15, 0.2) is 0 Å². The fourth-order valence-electron chi connectivity index (χ4n) is 1.09. The smallest absolute Gasteiger partial charge is 0.0276 e. The van der Waals surface area contributed by atoms with Gasteiger partial charge in [0.05, 0.1) is 0 Å². The van der Waals surface area contributed by atoms with Crippen LogP contribution in [0.15, 0.2) is 36.1 Å². The van der Waals surface area contributed by atoms with Gasteiger partial charge in [-0.2, -0.15) is 0 Å². The van der Waals surface area contributed by atoms with Crippen LogP contribution in [-0.2, 0) is 0 Å². The van der Waals surface area contributed by atoms with Crippen molar-refractivity contribution in [2.24, 2.45) is 5.73 Å². The fraction of sp³-hybridized carbons (Fsp3) is 0.455. The first-order valence-electron chi connectivity index (χ1n) is 4.40. The minimum atomic E-state index is 0.681. The Morgan fingerprint density at radius 2 is 2.08 bits per heavy atom. The molecule has 0 aromatic heterocycles. The summed E-state index contributed by atoms with van der Waals surface area (Å²) < 4.78 is 0. The second-order valence-corrected chi connectivity index (χ2v) is 2.99. The van der Waals surface area contributed by atoms with E-state index in [0.717, 1.165) is 24.0 Å². The minimum absolute atomic E-state index is 0.681. The molecule has 0 aliphatic heterocycles. The zero-order valence-corrected chi connectivity index (χ0v) is 8.19. The van der Waals surface area contributed by atoms with E-state index in [2.05, 4.69) is 20.1 Å². The van der Waals surface area contributed by atoms with E-state index in [1.165, 1.54) is 6.42 Å². The Bertz CT molecular complexity index is 199. The average molecular weight is 165 g/mol. The van der Waals surface area contributed by atoms with Crippen LogP contribution in [0, 0.1) is 0 Å². The lowest BCUT2D eigenvalue weighted by Gasteiger charge is -2.08. The van der Waals surface area contributed by atoms with Crippen molar-refractivity contribution < 1.29 is 0 Å². The van der Waals surface area contributed by atoms with Gasteiger partial charge in [-0.05, 0) is 30.9 Å². The van der Waals surface area contributed by atoms with E-state index in [4.69, 9.17) is 5.73 Å². The lowest BCUT2D eigenvalue weighted by molar-refractivity contribution is 0.786. The average Bonchev–Trinajstić information content (AvgIpc) is 2.04. The molecular weight excluding hydrogens is 146 g/mol. The summed E-state index contributed by atoms with van der Waals surface area (Å²) >= 11 is 0. The molecule has 0 spiro atoms. The van der Waals surface area contributed by atoms with E-state index in [0.29, 0.717) is 5.70 Å². The second-order valence-electron chi connectivity index (χ2n) is 2.99. The summed E-state index contributed by atoms with van der Waals surface area (Å²) in [6, 6.07) is 0. The van der Waals surface area contributed by atoms with Crippen molar-refractivity contribution in [2.75, 3.05) is 0 Å². The molecule has 0 unspecified atom stereocenters. The van der Waals surface area contributed by atoms with E-state index in [9.17, 15) is 0 Å². The van der Waals surface area contributed by atoms with Crippen molar-refractivity contribution in [3.05, 3.63) is 36.1 Å². The molecule has 0 bridgehead atoms. The van der Waals surface area contributed by atoms with Crippen LogP contribution in [0.3, 0.4) is 0 Å². The van der Waals surface area contributed by atoms with Crippen molar-refractivity contribution in [1.82, 2.24) is 0 Å². The first kappa shape index (κ1) is 11.0. The van der Waals surface area contributed by atoms with Crippen molar-refractivity contribution in [1.29, 1.82) is 0 Å². The van der Waals surface area contributed by atoms with Crippen LogP contribution >= 0.6 is 0 Å². The van der Waals surface area contributed by atoms with Gasteiger partial charge in [-0.25, -0.2) is 0 Å². The molecule has 0 saturated carbocycles. The Morgan fingerprint density at radius 1 is 1.50 bits per heavy atom. The summed E-state index contributed by atoms with van der Waals surface area (Å²) in [5.41, 5.74) is 8.64. The van der Waals surface area contributed by atoms with Gasteiger partial charge in [0, 0.05) is 5.70 Å². The maximum Gasteiger partial charge on any atom is 0.0276 e. The number of hydrogen-bond acceptors (Lipinski definition) is 1. The van der Waals surface area contributed by atoms with Crippen LogP contribution in [0.5, 0.6) is 0 Å². The molecule has 0 aliphatic carbocycles. The summed E-state index contributed by atoms with van der Waals surface area (Å²) in [6.45, 7) is 11.7. The predicted molar refractivity (Wildman–Crippen MR) is 55.7 cm³/mol. The van der Waals surface area contributed by atoms with Gasteiger partial charge in [0.2, 0.25) is 0 Å². The zero-order chi connectivity index (χ0) is 9.56.